The van der Waals surface area contributed by atoms with E-state index < -0.39 is 16.7 Å². The molecule has 0 bridgehead atoms. The Kier molecular flexibility index (Phi) is 2.72. The fourth-order valence-electron chi connectivity index (χ4n) is 1.51. The molecule has 0 unspecified atom stereocenters. The van der Waals surface area contributed by atoms with Crippen LogP contribution in [0.2, 0.25) is 0 Å². The van der Waals surface area contributed by atoms with Crippen LogP contribution in [0.3, 0.4) is 0 Å². The molecule has 0 saturated carbocycles. The standard InChI is InChI=1S/C11H8N2O5/c12-11(15)10-8(5-9(18-10)13(16)17)6-1-3-7(14)4-2-6/h1-5,14H,(H2,12,15). The van der Waals surface area contributed by atoms with Gasteiger partial charge in [0.2, 0.25) is 5.76 Å². The third-order valence-corrected chi connectivity index (χ3v) is 2.30. The second-order valence-electron chi connectivity index (χ2n) is 3.50. The lowest BCUT2D eigenvalue weighted by atomic mass is 10.1. The van der Waals surface area contributed by atoms with Gasteiger partial charge in [-0.15, -0.1) is 0 Å². The number of primary amides is 1. The molecule has 0 aliphatic rings. The quantitative estimate of drug-likeness (QED) is 0.632. The average Bonchev–Trinajstić information content (AvgIpc) is 2.75. The van der Waals surface area contributed by atoms with Crippen molar-refractivity contribution >= 4 is 11.8 Å². The van der Waals surface area contributed by atoms with Gasteiger partial charge in [0.15, 0.2) is 0 Å². The van der Waals surface area contributed by atoms with Crippen LogP contribution in [0.4, 0.5) is 5.88 Å². The molecule has 0 aliphatic heterocycles. The summed E-state index contributed by atoms with van der Waals surface area (Å²) in [4.78, 5) is 21.0. The largest absolute Gasteiger partial charge is 0.508 e. The molecular weight excluding hydrogens is 240 g/mol. The van der Waals surface area contributed by atoms with E-state index in [-0.39, 0.29) is 17.1 Å². The van der Waals surface area contributed by atoms with Crippen molar-refractivity contribution < 1.29 is 19.2 Å². The number of carbonyl (C=O) groups is 1. The van der Waals surface area contributed by atoms with Gasteiger partial charge in [-0.2, -0.15) is 0 Å². The number of hydrogen-bond acceptors (Lipinski definition) is 5. The molecule has 0 radical (unpaired) electrons. The Hall–Kier alpha value is -2.83. The fraction of sp³-hybridized carbons (Fsp3) is 0. The Morgan fingerprint density at radius 1 is 1.33 bits per heavy atom. The van der Waals surface area contributed by atoms with E-state index in [1.165, 1.54) is 24.3 Å². The maximum absolute atomic E-state index is 11.2. The highest BCUT2D eigenvalue weighted by atomic mass is 16.6. The molecule has 0 atom stereocenters. The van der Waals surface area contributed by atoms with Crippen molar-refractivity contribution in [3.63, 3.8) is 0 Å². The predicted molar refractivity (Wildman–Crippen MR) is 61.0 cm³/mol. The first-order valence-electron chi connectivity index (χ1n) is 4.86. The first kappa shape index (κ1) is 11.6. The average molecular weight is 248 g/mol. The van der Waals surface area contributed by atoms with Crippen molar-refractivity contribution in [3.05, 3.63) is 46.2 Å². The molecule has 2 rings (SSSR count). The summed E-state index contributed by atoms with van der Waals surface area (Å²) in [6.45, 7) is 0. The molecule has 0 spiro atoms. The highest BCUT2D eigenvalue weighted by Crippen LogP contribution is 2.31. The number of nitrogens with two attached hydrogens (primary N) is 1. The zero-order chi connectivity index (χ0) is 13.3. The summed E-state index contributed by atoms with van der Waals surface area (Å²) in [5.41, 5.74) is 5.79. The van der Waals surface area contributed by atoms with Crippen LogP contribution in [0.5, 0.6) is 5.75 Å². The lowest BCUT2D eigenvalue weighted by Crippen LogP contribution is -2.10. The van der Waals surface area contributed by atoms with Crippen molar-refractivity contribution in [2.45, 2.75) is 0 Å². The van der Waals surface area contributed by atoms with E-state index in [1.807, 2.05) is 0 Å². The molecule has 7 heteroatoms. The van der Waals surface area contributed by atoms with Gasteiger partial charge in [0.25, 0.3) is 5.91 Å². The first-order valence-corrected chi connectivity index (χ1v) is 4.86. The van der Waals surface area contributed by atoms with Crippen LogP contribution in [0, 0.1) is 10.1 Å². The highest BCUT2D eigenvalue weighted by Gasteiger charge is 2.23. The lowest BCUT2D eigenvalue weighted by Gasteiger charge is -1.99. The second kappa shape index (κ2) is 4.21. The van der Waals surface area contributed by atoms with Crippen molar-refractivity contribution in [1.82, 2.24) is 0 Å². The van der Waals surface area contributed by atoms with E-state index in [0.29, 0.717) is 5.56 Å². The van der Waals surface area contributed by atoms with Crippen LogP contribution in [0.15, 0.2) is 34.7 Å². The van der Waals surface area contributed by atoms with Crippen molar-refractivity contribution in [3.8, 4) is 16.9 Å². The Bertz CT molecular complexity index is 615. The smallest absolute Gasteiger partial charge is 0.434 e. The van der Waals surface area contributed by atoms with Crippen LogP contribution in [0.25, 0.3) is 11.1 Å². The Morgan fingerprint density at radius 2 is 1.94 bits per heavy atom. The van der Waals surface area contributed by atoms with Gasteiger partial charge in [0, 0.05) is 5.56 Å². The van der Waals surface area contributed by atoms with Crippen molar-refractivity contribution in [2.75, 3.05) is 0 Å². The number of phenols is 1. The molecule has 1 aromatic heterocycles. The minimum Gasteiger partial charge on any atom is -0.508 e. The Balaban J connectivity index is 2.58. The summed E-state index contributed by atoms with van der Waals surface area (Å²) in [7, 11) is 0. The zero-order valence-electron chi connectivity index (χ0n) is 8.99. The van der Waals surface area contributed by atoms with Gasteiger partial charge in [0.05, 0.1) is 6.07 Å². The van der Waals surface area contributed by atoms with Crippen LogP contribution >= 0.6 is 0 Å². The van der Waals surface area contributed by atoms with Gasteiger partial charge < -0.3 is 15.3 Å². The maximum Gasteiger partial charge on any atom is 0.434 e. The number of hydrogen-bond donors (Lipinski definition) is 2. The van der Waals surface area contributed by atoms with E-state index in [0.717, 1.165) is 6.07 Å². The lowest BCUT2D eigenvalue weighted by molar-refractivity contribution is -0.402. The number of furan rings is 1. The SMILES string of the molecule is NC(=O)c1oc([N+](=O)[O-])cc1-c1ccc(O)cc1. The monoisotopic (exact) mass is 248 g/mol. The van der Waals surface area contributed by atoms with Gasteiger partial charge in [0.1, 0.15) is 10.7 Å². The summed E-state index contributed by atoms with van der Waals surface area (Å²) in [5.74, 6) is -1.71. The summed E-state index contributed by atoms with van der Waals surface area (Å²) in [6, 6.07) is 6.89. The first-order chi connectivity index (χ1) is 8.49. The molecular formula is C11H8N2O5. The van der Waals surface area contributed by atoms with Crippen LogP contribution in [-0.4, -0.2) is 15.9 Å². The second-order valence-corrected chi connectivity index (χ2v) is 3.50. The van der Waals surface area contributed by atoms with Crippen LogP contribution in [0.1, 0.15) is 10.6 Å². The van der Waals surface area contributed by atoms with Gasteiger partial charge in [-0.3, -0.25) is 14.9 Å². The minimum absolute atomic E-state index is 0.0392. The normalized spacial score (nSPS) is 10.2. The van der Waals surface area contributed by atoms with Gasteiger partial charge in [-0.1, -0.05) is 12.1 Å². The molecule has 1 heterocycles. The zero-order valence-corrected chi connectivity index (χ0v) is 8.99. The number of nitrogens with zero attached hydrogens (tertiary/aromatic N) is 1. The molecule has 3 N–H and O–H groups in total. The number of nitro groups is 1. The van der Waals surface area contributed by atoms with E-state index >= 15 is 0 Å². The third kappa shape index (κ3) is 2.01. The Morgan fingerprint density at radius 3 is 2.44 bits per heavy atom. The molecule has 2 aromatic rings. The van der Waals surface area contributed by atoms with Gasteiger partial charge in [-0.05, 0) is 17.7 Å². The van der Waals surface area contributed by atoms with Gasteiger partial charge >= 0.3 is 5.88 Å². The summed E-state index contributed by atoms with van der Waals surface area (Å²) in [5, 5.41) is 19.7. The summed E-state index contributed by atoms with van der Waals surface area (Å²) >= 11 is 0. The topological polar surface area (TPSA) is 120 Å². The molecule has 18 heavy (non-hydrogen) atoms. The summed E-state index contributed by atoms with van der Waals surface area (Å²) in [6.07, 6.45) is 0. The molecule has 0 saturated heterocycles. The number of rotatable bonds is 3. The minimum atomic E-state index is -0.897. The van der Waals surface area contributed by atoms with Crippen LogP contribution < -0.4 is 5.73 Å². The van der Waals surface area contributed by atoms with Gasteiger partial charge in [-0.25, -0.2) is 0 Å². The molecule has 0 fully saturated rings. The van der Waals surface area contributed by atoms with E-state index in [2.05, 4.69) is 0 Å². The number of carbonyl (C=O) groups excluding carboxylic acids is 1. The molecule has 7 nitrogen and oxygen atoms in total. The van der Waals surface area contributed by atoms with E-state index in [9.17, 15) is 14.9 Å². The maximum atomic E-state index is 11.2. The molecule has 0 aliphatic carbocycles. The number of aromatic hydroxyl groups is 1. The third-order valence-electron chi connectivity index (χ3n) is 2.30. The van der Waals surface area contributed by atoms with Crippen molar-refractivity contribution in [1.29, 1.82) is 0 Å². The number of benzene rings is 1. The summed E-state index contributed by atoms with van der Waals surface area (Å²) < 4.78 is 4.79. The van der Waals surface area contributed by atoms with E-state index in [4.69, 9.17) is 15.3 Å². The fourth-order valence-corrected chi connectivity index (χ4v) is 1.51. The highest BCUT2D eigenvalue weighted by molar-refractivity contribution is 5.97. The molecule has 1 aromatic carbocycles. The van der Waals surface area contributed by atoms with Crippen LogP contribution in [-0.2, 0) is 0 Å². The number of amides is 1. The number of phenolic OH excluding ortho intramolecular Hbond substituents is 1. The predicted octanol–water partition coefficient (Wildman–Crippen LogP) is 1.66. The molecule has 1 amide bonds. The molecule has 92 valence electrons. The van der Waals surface area contributed by atoms with E-state index in [1.54, 1.807) is 0 Å². The van der Waals surface area contributed by atoms with Crippen molar-refractivity contribution in [2.24, 2.45) is 5.73 Å². The Labute approximate surface area is 101 Å².